The second kappa shape index (κ2) is 8.97. The second-order valence-electron chi connectivity index (χ2n) is 6.73. The summed E-state index contributed by atoms with van der Waals surface area (Å²) < 4.78 is 10.9. The van der Waals surface area contributed by atoms with E-state index in [9.17, 15) is 4.79 Å². The molecule has 0 aliphatic heterocycles. The average molecular weight is 422 g/mol. The zero-order valence-electron chi connectivity index (χ0n) is 16.4. The molecule has 1 aromatic carbocycles. The van der Waals surface area contributed by atoms with Crippen molar-refractivity contribution in [3.8, 4) is 5.75 Å². The molecular weight excluding hydrogens is 402 g/mol. The molecule has 4 rings (SSSR count). The van der Waals surface area contributed by atoms with Crippen LogP contribution in [0.4, 0.5) is 0 Å². The summed E-state index contributed by atoms with van der Waals surface area (Å²) in [5.74, 6) is 0.796. The van der Waals surface area contributed by atoms with Crippen molar-refractivity contribution in [1.29, 1.82) is 0 Å². The van der Waals surface area contributed by atoms with Gasteiger partial charge in [0.2, 0.25) is 0 Å². The van der Waals surface area contributed by atoms with Crippen LogP contribution in [0.25, 0.3) is 10.9 Å². The quantitative estimate of drug-likeness (QED) is 0.387. The van der Waals surface area contributed by atoms with E-state index in [2.05, 4.69) is 9.97 Å². The van der Waals surface area contributed by atoms with Crippen molar-refractivity contribution in [3.05, 3.63) is 89.2 Å². The van der Waals surface area contributed by atoms with Crippen LogP contribution >= 0.6 is 11.6 Å². The van der Waals surface area contributed by atoms with Gasteiger partial charge < -0.3 is 14.1 Å². The summed E-state index contributed by atoms with van der Waals surface area (Å²) in [6, 6.07) is 14.7. The van der Waals surface area contributed by atoms with Gasteiger partial charge in [-0.3, -0.25) is 9.78 Å². The van der Waals surface area contributed by atoms with Crippen molar-refractivity contribution in [3.63, 3.8) is 0 Å². The lowest BCUT2D eigenvalue weighted by atomic mass is 10.1. The summed E-state index contributed by atoms with van der Waals surface area (Å²) in [5.41, 5.74) is 2.41. The number of fused-ring (bicyclic) bond motifs is 1. The van der Waals surface area contributed by atoms with E-state index in [0.717, 1.165) is 27.8 Å². The van der Waals surface area contributed by atoms with Gasteiger partial charge in [-0.2, -0.15) is 0 Å². The molecule has 0 aliphatic rings. The molecule has 3 heterocycles. The topological polar surface area (TPSA) is 68.5 Å². The molecule has 0 N–H and O–H groups in total. The minimum absolute atomic E-state index is 0.233. The highest BCUT2D eigenvalue weighted by Crippen LogP contribution is 2.26. The lowest BCUT2D eigenvalue weighted by Gasteiger charge is -2.22. The van der Waals surface area contributed by atoms with Gasteiger partial charge in [0, 0.05) is 36.4 Å². The monoisotopic (exact) mass is 421 g/mol. The number of furan rings is 1. The Morgan fingerprint density at radius 1 is 1.17 bits per heavy atom. The number of rotatable bonds is 7. The van der Waals surface area contributed by atoms with E-state index in [0.29, 0.717) is 18.3 Å². The first-order chi connectivity index (χ1) is 14.6. The van der Waals surface area contributed by atoms with Gasteiger partial charge in [0.25, 0.3) is 5.91 Å². The molecule has 30 heavy (non-hydrogen) atoms. The fourth-order valence-electron chi connectivity index (χ4n) is 3.22. The van der Waals surface area contributed by atoms with E-state index < -0.39 is 0 Å². The molecule has 3 aromatic heterocycles. The maximum absolute atomic E-state index is 13.1. The molecule has 0 radical (unpaired) electrons. The van der Waals surface area contributed by atoms with Crippen molar-refractivity contribution >= 4 is 28.4 Å². The van der Waals surface area contributed by atoms with Crippen LogP contribution in [0.2, 0.25) is 5.15 Å². The Hall–Kier alpha value is -3.38. The summed E-state index contributed by atoms with van der Waals surface area (Å²) in [5, 5.41) is 1.25. The maximum Gasteiger partial charge on any atom is 0.290 e. The highest BCUT2D eigenvalue weighted by atomic mass is 35.5. The van der Waals surface area contributed by atoms with E-state index in [1.54, 1.807) is 29.4 Å². The molecule has 0 saturated heterocycles. The summed E-state index contributed by atoms with van der Waals surface area (Å²) >= 11 is 6.46. The molecule has 0 fully saturated rings. The summed E-state index contributed by atoms with van der Waals surface area (Å²) in [7, 11) is 0. The molecule has 0 saturated carbocycles. The third-order valence-corrected chi connectivity index (χ3v) is 4.93. The zero-order valence-corrected chi connectivity index (χ0v) is 17.2. The SMILES string of the molecule is CCOc1ccc2nc(Cl)c(CN(Cc3cccnc3)C(=O)c3ccco3)cc2c1. The number of hydrogen-bond donors (Lipinski definition) is 0. The number of pyridine rings is 2. The van der Waals surface area contributed by atoms with Crippen LogP contribution in [0.15, 0.2) is 71.6 Å². The van der Waals surface area contributed by atoms with E-state index in [4.69, 9.17) is 20.8 Å². The van der Waals surface area contributed by atoms with Crippen LogP contribution < -0.4 is 4.74 Å². The predicted octanol–water partition coefficient (Wildman–Crippen LogP) is 5.12. The number of carbonyl (C=O) groups excluding carboxylic acids is 1. The summed E-state index contributed by atoms with van der Waals surface area (Å²) in [6.07, 6.45) is 4.91. The first kappa shape index (κ1) is 19.9. The van der Waals surface area contributed by atoms with Gasteiger partial charge in [0.1, 0.15) is 10.9 Å². The highest BCUT2D eigenvalue weighted by Gasteiger charge is 2.21. The number of halogens is 1. The highest BCUT2D eigenvalue weighted by molar-refractivity contribution is 6.30. The van der Waals surface area contributed by atoms with Crippen molar-refractivity contribution in [2.24, 2.45) is 0 Å². The molecule has 152 valence electrons. The first-order valence-corrected chi connectivity index (χ1v) is 9.95. The van der Waals surface area contributed by atoms with Crippen molar-refractivity contribution in [2.75, 3.05) is 6.61 Å². The smallest absolute Gasteiger partial charge is 0.290 e. The van der Waals surface area contributed by atoms with Gasteiger partial charge in [-0.05, 0) is 55.0 Å². The number of benzene rings is 1. The Morgan fingerprint density at radius 3 is 2.80 bits per heavy atom. The average Bonchev–Trinajstić information content (AvgIpc) is 3.29. The largest absolute Gasteiger partial charge is 0.494 e. The van der Waals surface area contributed by atoms with Gasteiger partial charge in [-0.25, -0.2) is 4.98 Å². The van der Waals surface area contributed by atoms with E-state index in [-0.39, 0.29) is 18.2 Å². The van der Waals surface area contributed by atoms with Gasteiger partial charge in [0.15, 0.2) is 5.76 Å². The fourth-order valence-corrected chi connectivity index (χ4v) is 3.42. The second-order valence-corrected chi connectivity index (χ2v) is 7.08. The third-order valence-electron chi connectivity index (χ3n) is 4.60. The van der Waals surface area contributed by atoms with Crippen molar-refractivity contribution in [1.82, 2.24) is 14.9 Å². The van der Waals surface area contributed by atoms with Crippen molar-refractivity contribution in [2.45, 2.75) is 20.0 Å². The first-order valence-electron chi connectivity index (χ1n) is 9.57. The minimum Gasteiger partial charge on any atom is -0.494 e. The standard InChI is InChI=1S/C23H20ClN3O3/c1-2-29-19-7-8-20-17(12-19)11-18(22(24)26-20)15-27(14-16-5-3-9-25-13-16)23(28)21-6-4-10-30-21/h3-13H,2,14-15H2,1H3. The molecule has 1 amide bonds. The number of hydrogen-bond acceptors (Lipinski definition) is 5. The van der Waals surface area contributed by atoms with Crippen molar-refractivity contribution < 1.29 is 13.9 Å². The molecule has 0 unspecified atom stereocenters. The molecule has 0 aliphatic carbocycles. The van der Waals surface area contributed by atoms with Crippen LogP contribution in [0.3, 0.4) is 0 Å². The van der Waals surface area contributed by atoms with Gasteiger partial charge in [-0.1, -0.05) is 17.7 Å². The van der Waals surface area contributed by atoms with Gasteiger partial charge in [-0.15, -0.1) is 0 Å². The number of amides is 1. The van der Waals surface area contributed by atoms with Crippen LogP contribution in [0.5, 0.6) is 5.75 Å². The molecule has 0 atom stereocenters. The number of aromatic nitrogens is 2. The Bertz CT molecular complexity index is 1150. The van der Waals surface area contributed by atoms with Crippen LogP contribution in [-0.4, -0.2) is 27.4 Å². The minimum atomic E-state index is -0.233. The Kier molecular flexibility index (Phi) is 5.95. The van der Waals surface area contributed by atoms with Gasteiger partial charge >= 0.3 is 0 Å². The molecule has 4 aromatic rings. The molecule has 6 nitrogen and oxygen atoms in total. The summed E-state index contributed by atoms with van der Waals surface area (Å²) in [4.78, 5) is 23.4. The van der Waals surface area contributed by atoms with Crippen LogP contribution in [-0.2, 0) is 13.1 Å². The number of carbonyl (C=O) groups is 1. The van der Waals surface area contributed by atoms with Gasteiger partial charge in [0.05, 0.1) is 18.4 Å². The zero-order chi connectivity index (χ0) is 20.9. The number of nitrogens with zero attached hydrogens (tertiary/aromatic N) is 3. The van der Waals surface area contributed by atoms with Crippen LogP contribution in [0.1, 0.15) is 28.6 Å². The van der Waals surface area contributed by atoms with E-state index >= 15 is 0 Å². The Morgan fingerprint density at radius 2 is 2.07 bits per heavy atom. The Balaban J connectivity index is 1.68. The van der Waals surface area contributed by atoms with E-state index in [1.165, 1.54) is 6.26 Å². The predicted molar refractivity (Wildman–Crippen MR) is 114 cm³/mol. The Labute approximate surface area is 179 Å². The normalized spacial score (nSPS) is 10.9. The maximum atomic E-state index is 13.1. The number of ether oxygens (including phenoxy) is 1. The molecule has 0 spiro atoms. The van der Waals surface area contributed by atoms with Crippen LogP contribution in [0, 0.1) is 0 Å². The fraction of sp³-hybridized carbons (Fsp3) is 0.174. The third kappa shape index (κ3) is 4.44. The van der Waals surface area contributed by atoms with E-state index in [1.807, 2.05) is 43.3 Å². The summed E-state index contributed by atoms with van der Waals surface area (Å²) in [6.45, 7) is 3.15. The lowest BCUT2D eigenvalue weighted by Crippen LogP contribution is -2.30. The molecule has 0 bridgehead atoms. The molecule has 7 heteroatoms. The molecular formula is C23H20ClN3O3. The lowest BCUT2D eigenvalue weighted by molar-refractivity contribution is 0.0697.